The van der Waals surface area contributed by atoms with Gasteiger partial charge in [-0.05, 0) is 30.7 Å². The van der Waals surface area contributed by atoms with Crippen LogP contribution in [0.2, 0.25) is 0 Å². The van der Waals surface area contributed by atoms with Gasteiger partial charge in [-0.25, -0.2) is 4.98 Å². The summed E-state index contributed by atoms with van der Waals surface area (Å²) in [5.41, 5.74) is 3.89. The average Bonchev–Trinajstić information content (AvgIpc) is 2.96. The van der Waals surface area contributed by atoms with Gasteiger partial charge in [0.2, 0.25) is 0 Å². The molecule has 2 aromatic heterocycles. The molecule has 1 fully saturated rings. The number of pyridine rings is 1. The summed E-state index contributed by atoms with van der Waals surface area (Å²) in [6.07, 6.45) is 1.94. The van der Waals surface area contributed by atoms with Gasteiger partial charge in [0, 0.05) is 56.9 Å². The van der Waals surface area contributed by atoms with E-state index in [2.05, 4.69) is 21.0 Å². The van der Waals surface area contributed by atoms with Crippen LogP contribution < -0.4 is 0 Å². The van der Waals surface area contributed by atoms with Gasteiger partial charge < -0.3 is 4.90 Å². The first-order chi connectivity index (χ1) is 12.6. The fourth-order valence-electron chi connectivity index (χ4n) is 3.57. The van der Waals surface area contributed by atoms with Crippen LogP contribution in [0.1, 0.15) is 21.6 Å². The molecule has 1 aromatic carbocycles. The molecule has 6 heteroatoms. The van der Waals surface area contributed by atoms with E-state index in [1.807, 2.05) is 60.1 Å². The summed E-state index contributed by atoms with van der Waals surface area (Å²) in [7, 11) is 1.92. The average molecular weight is 349 g/mol. The minimum absolute atomic E-state index is 0.124. The molecule has 6 nitrogen and oxygen atoms in total. The number of aryl methyl sites for hydroxylation is 2. The summed E-state index contributed by atoms with van der Waals surface area (Å²) < 4.78 is 1.82. The van der Waals surface area contributed by atoms with E-state index in [1.54, 1.807) is 0 Å². The molecular formula is C20H23N5O. The lowest BCUT2D eigenvalue weighted by Crippen LogP contribution is -2.48. The van der Waals surface area contributed by atoms with Gasteiger partial charge in [0.1, 0.15) is 0 Å². The number of hydrogen-bond donors (Lipinski definition) is 0. The zero-order valence-electron chi connectivity index (χ0n) is 15.2. The molecule has 0 atom stereocenters. The molecule has 3 aromatic rings. The third-order valence-corrected chi connectivity index (χ3v) is 5.01. The van der Waals surface area contributed by atoms with Gasteiger partial charge in [0.15, 0.2) is 5.65 Å². The number of piperazine rings is 1. The topological polar surface area (TPSA) is 54.3 Å². The molecule has 26 heavy (non-hydrogen) atoms. The zero-order valence-corrected chi connectivity index (χ0v) is 15.2. The van der Waals surface area contributed by atoms with E-state index in [-0.39, 0.29) is 5.91 Å². The lowest BCUT2D eigenvalue weighted by Gasteiger charge is -2.34. The highest BCUT2D eigenvalue weighted by molar-refractivity contribution is 5.94. The van der Waals surface area contributed by atoms with Crippen molar-refractivity contribution in [3.05, 3.63) is 59.4 Å². The van der Waals surface area contributed by atoms with Crippen LogP contribution in [0.5, 0.6) is 0 Å². The van der Waals surface area contributed by atoms with Crippen LogP contribution in [0.4, 0.5) is 0 Å². The van der Waals surface area contributed by atoms with Crippen molar-refractivity contribution in [3.63, 3.8) is 0 Å². The molecule has 0 saturated carbocycles. The van der Waals surface area contributed by atoms with Crippen LogP contribution in [0, 0.1) is 6.92 Å². The minimum atomic E-state index is 0.124. The first-order valence-corrected chi connectivity index (χ1v) is 8.97. The van der Waals surface area contributed by atoms with Crippen molar-refractivity contribution in [1.29, 1.82) is 0 Å². The number of rotatable bonds is 3. The Bertz CT molecular complexity index is 926. The largest absolute Gasteiger partial charge is 0.336 e. The zero-order chi connectivity index (χ0) is 18.1. The normalized spacial score (nSPS) is 15.5. The van der Waals surface area contributed by atoms with Crippen LogP contribution in [-0.4, -0.2) is 56.7 Å². The second-order valence-corrected chi connectivity index (χ2v) is 6.86. The highest BCUT2D eigenvalue weighted by Gasteiger charge is 2.22. The number of carbonyl (C=O) groups is 1. The molecule has 0 unspecified atom stereocenters. The molecule has 0 aliphatic carbocycles. The van der Waals surface area contributed by atoms with E-state index in [1.165, 1.54) is 5.56 Å². The molecule has 0 spiro atoms. The Morgan fingerprint density at radius 3 is 2.58 bits per heavy atom. The van der Waals surface area contributed by atoms with Gasteiger partial charge in [0.25, 0.3) is 5.91 Å². The molecule has 1 aliphatic rings. The van der Waals surface area contributed by atoms with E-state index < -0.39 is 0 Å². The summed E-state index contributed by atoms with van der Waals surface area (Å²) in [6, 6.07) is 11.7. The van der Waals surface area contributed by atoms with Crippen molar-refractivity contribution in [2.75, 3.05) is 26.2 Å². The first kappa shape index (κ1) is 16.7. The molecule has 4 rings (SSSR count). The molecule has 0 radical (unpaired) electrons. The summed E-state index contributed by atoms with van der Waals surface area (Å²) in [5, 5.41) is 5.55. The third kappa shape index (κ3) is 3.20. The predicted octanol–water partition coefficient (Wildman–Crippen LogP) is 2.23. The van der Waals surface area contributed by atoms with Crippen molar-refractivity contribution >= 4 is 16.9 Å². The minimum Gasteiger partial charge on any atom is -0.336 e. The van der Waals surface area contributed by atoms with Crippen LogP contribution in [0.25, 0.3) is 11.0 Å². The molecule has 1 aliphatic heterocycles. The standard InChI is InChI=1S/C20H23N5O/c1-15-18-12-16(13-21-19(18)23(2)22-15)14-24-8-10-25(11-9-24)20(26)17-6-4-3-5-7-17/h3-7,12-13H,8-11,14H2,1-2H3. The Morgan fingerprint density at radius 1 is 1.12 bits per heavy atom. The van der Waals surface area contributed by atoms with Gasteiger partial charge in [0.05, 0.1) is 5.69 Å². The molecule has 1 amide bonds. The van der Waals surface area contributed by atoms with E-state index >= 15 is 0 Å². The predicted molar refractivity (Wildman–Crippen MR) is 101 cm³/mol. The number of hydrogen-bond acceptors (Lipinski definition) is 4. The molecule has 3 heterocycles. The molecule has 0 N–H and O–H groups in total. The summed E-state index contributed by atoms with van der Waals surface area (Å²) in [4.78, 5) is 21.4. The smallest absolute Gasteiger partial charge is 0.253 e. The maximum atomic E-state index is 12.5. The number of aromatic nitrogens is 3. The van der Waals surface area contributed by atoms with Gasteiger partial charge in [-0.1, -0.05) is 18.2 Å². The van der Waals surface area contributed by atoms with Crippen LogP contribution in [-0.2, 0) is 13.6 Å². The highest BCUT2D eigenvalue weighted by atomic mass is 16.2. The van der Waals surface area contributed by atoms with Crippen LogP contribution in [0.15, 0.2) is 42.6 Å². The molecular weight excluding hydrogens is 326 g/mol. The number of amides is 1. The maximum Gasteiger partial charge on any atom is 0.253 e. The number of nitrogens with zero attached hydrogens (tertiary/aromatic N) is 5. The van der Waals surface area contributed by atoms with Gasteiger partial charge in [-0.3, -0.25) is 14.4 Å². The number of fused-ring (bicyclic) bond motifs is 1. The maximum absolute atomic E-state index is 12.5. The lowest BCUT2D eigenvalue weighted by atomic mass is 10.1. The Morgan fingerprint density at radius 2 is 1.85 bits per heavy atom. The van der Waals surface area contributed by atoms with Gasteiger partial charge >= 0.3 is 0 Å². The molecule has 1 saturated heterocycles. The lowest BCUT2D eigenvalue weighted by molar-refractivity contribution is 0.0628. The summed E-state index contributed by atoms with van der Waals surface area (Å²) in [6.45, 7) is 6.14. The Balaban J connectivity index is 1.39. The highest BCUT2D eigenvalue weighted by Crippen LogP contribution is 2.18. The fraction of sp³-hybridized carbons (Fsp3) is 0.350. The molecule has 134 valence electrons. The monoisotopic (exact) mass is 349 g/mol. The SMILES string of the molecule is Cc1nn(C)c2ncc(CN3CCN(C(=O)c4ccccc4)CC3)cc12. The third-order valence-electron chi connectivity index (χ3n) is 5.01. The first-order valence-electron chi connectivity index (χ1n) is 8.97. The van der Waals surface area contributed by atoms with Crippen molar-refractivity contribution in [3.8, 4) is 0 Å². The number of carbonyl (C=O) groups excluding carboxylic acids is 1. The van der Waals surface area contributed by atoms with Gasteiger partial charge in [-0.15, -0.1) is 0 Å². The van der Waals surface area contributed by atoms with Crippen molar-refractivity contribution in [2.45, 2.75) is 13.5 Å². The van der Waals surface area contributed by atoms with Gasteiger partial charge in [-0.2, -0.15) is 5.10 Å². The van der Waals surface area contributed by atoms with E-state index in [0.29, 0.717) is 0 Å². The van der Waals surface area contributed by atoms with E-state index in [4.69, 9.17) is 0 Å². The second-order valence-electron chi connectivity index (χ2n) is 6.86. The van der Waals surface area contributed by atoms with Crippen molar-refractivity contribution in [1.82, 2.24) is 24.6 Å². The van der Waals surface area contributed by atoms with Crippen LogP contribution in [0.3, 0.4) is 0 Å². The second kappa shape index (κ2) is 6.88. The van der Waals surface area contributed by atoms with Crippen LogP contribution >= 0.6 is 0 Å². The van der Waals surface area contributed by atoms with E-state index in [0.717, 1.165) is 55.0 Å². The molecule has 0 bridgehead atoms. The Labute approximate surface area is 153 Å². The Kier molecular flexibility index (Phi) is 4.42. The quantitative estimate of drug-likeness (QED) is 0.728. The summed E-state index contributed by atoms with van der Waals surface area (Å²) in [5.74, 6) is 0.124. The fourth-order valence-corrected chi connectivity index (χ4v) is 3.57. The number of benzene rings is 1. The Hall–Kier alpha value is -2.73. The van der Waals surface area contributed by atoms with Crippen molar-refractivity contribution in [2.24, 2.45) is 7.05 Å². The van der Waals surface area contributed by atoms with Crippen molar-refractivity contribution < 1.29 is 4.79 Å². The van der Waals surface area contributed by atoms with E-state index in [9.17, 15) is 4.79 Å². The summed E-state index contributed by atoms with van der Waals surface area (Å²) >= 11 is 0.